The van der Waals surface area contributed by atoms with Crippen molar-refractivity contribution in [2.75, 3.05) is 13.9 Å². The maximum atomic E-state index is 10.9. The highest BCUT2D eigenvalue weighted by Crippen LogP contribution is 2.37. The van der Waals surface area contributed by atoms with Gasteiger partial charge in [-0.2, -0.15) is 0 Å². The number of hydrogen-bond acceptors (Lipinski definition) is 4. The van der Waals surface area contributed by atoms with E-state index in [1.54, 1.807) is 18.2 Å². The molecule has 4 nitrogen and oxygen atoms in total. The lowest BCUT2D eigenvalue weighted by atomic mass is 10.2. The van der Waals surface area contributed by atoms with E-state index in [1.807, 2.05) is 0 Å². The summed E-state index contributed by atoms with van der Waals surface area (Å²) in [6, 6.07) is 3.37. The predicted molar refractivity (Wildman–Crippen MR) is 58.6 cm³/mol. The number of fused-ring (bicyclic) bond motifs is 1. The summed E-state index contributed by atoms with van der Waals surface area (Å²) >= 11 is 6.00. The molecule has 1 aromatic carbocycles. The largest absolute Gasteiger partial charge is 0.466 e. The first kappa shape index (κ1) is 10.8. The Bertz CT molecular complexity index is 454. The fourth-order valence-electron chi connectivity index (χ4n) is 1.29. The number of ether oxygens (including phenoxy) is 3. The van der Waals surface area contributed by atoms with Gasteiger partial charge in [0.15, 0.2) is 11.5 Å². The maximum Gasteiger partial charge on any atom is 0.330 e. The zero-order valence-electron chi connectivity index (χ0n) is 8.53. The lowest BCUT2D eigenvalue weighted by molar-refractivity contribution is -0.134. The molecular weight excluding hydrogens is 232 g/mol. The van der Waals surface area contributed by atoms with Gasteiger partial charge in [0.2, 0.25) is 6.79 Å². The van der Waals surface area contributed by atoms with Gasteiger partial charge in [0.1, 0.15) is 0 Å². The van der Waals surface area contributed by atoms with Crippen LogP contribution >= 0.6 is 11.6 Å². The number of esters is 1. The van der Waals surface area contributed by atoms with E-state index in [2.05, 4.69) is 4.74 Å². The predicted octanol–water partition coefficient (Wildman–Crippen LogP) is 2.25. The van der Waals surface area contributed by atoms with E-state index in [0.29, 0.717) is 22.1 Å². The molecule has 0 atom stereocenters. The van der Waals surface area contributed by atoms with Crippen LogP contribution in [0, 0.1) is 0 Å². The third-order valence-electron chi connectivity index (χ3n) is 2.09. The highest BCUT2D eigenvalue weighted by atomic mass is 35.5. The Hall–Kier alpha value is -1.68. The van der Waals surface area contributed by atoms with Crippen LogP contribution in [0.4, 0.5) is 0 Å². The monoisotopic (exact) mass is 240 g/mol. The minimum atomic E-state index is -0.436. The van der Waals surface area contributed by atoms with Crippen molar-refractivity contribution in [3.05, 3.63) is 28.8 Å². The van der Waals surface area contributed by atoms with E-state index in [1.165, 1.54) is 13.2 Å². The Balaban J connectivity index is 2.28. The molecule has 1 aliphatic heterocycles. The molecule has 1 aromatic rings. The summed E-state index contributed by atoms with van der Waals surface area (Å²) < 4.78 is 14.8. The summed E-state index contributed by atoms with van der Waals surface area (Å²) in [6.45, 7) is 0.190. The van der Waals surface area contributed by atoms with Gasteiger partial charge in [0.05, 0.1) is 12.1 Å². The minimum absolute atomic E-state index is 0.190. The third kappa shape index (κ3) is 2.12. The van der Waals surface area contributed by atoms with Crippen LogP contribution in [0.15, 0.2) is 18.2 Å². The molecular formula is C11H9ClO4. The third-order valence-corrected chi connectivity index (χ3v) is 2.42. The molecule has 0 N–H and O–H groups in total. The molecule has 2 rings (SSSR count). The fraction of sp³-hybridized carbons (Fsp3) is 0.182. The second kappa shape index (κ2) is 4.45. The highest BCUT2D eigenvalue weighted by Gasteiger charge is 2.15. The molecule has 0 bridgehead atoms. The number of benzene rings is 1. The zero-order valence-corrected chi connectivity index (χ0v) is 9.28. The lowest BCUT2D eigenvalue weighted by Crippen LogP contribution is -1.93. The van der Waals surface area contributed by atoms with Crippen molar-refractivity contribution >= 4 is 23.6 Å². The van der Waals surface area contributed by atoms with Crippen molar-refractivity contribution in [1.82, 2.24) is 0 Å². The van der Waals surface area contributed by atoms with Crippen LogP contribution in [0.3, 0.4) is 0 Å². The van der Waals surface area contributed by atoms with Crippen LogP contribution in [0.2, 0.25) is 5.02 Å². The molecule has 0 saturated carbocycles. The molecule has 0 aliphatic carbocycles. The molecule has 0 radical (unpaired) electrons. The van der Waals surface area contributed by atoms with Crippen LogP contribution in [0.25, 0.3) is 6.08 Å². The van der Waals surface area contributed by atoms with Crippen molar-refractivity contribution in [2.24, 2.45) is 0 Å². The molecule has 0 fully saturated rings. The summed E-state index contributed by atoms with van der Waals surface area (Å²) in [7, 11) is 1.31. The number of hydrogen-bond donors (Lipinski definition) is 0. The second-order valence-electron chi connectivity index (χ2n) is 3.08. The maximum absolute atomic E-state index is 10.9. The molecule has 5 heteroatoms. The van der Waals surface area contributed by atoms with Crippen LogP contribution < -0.4 is 9.47 Å². The van der Waals surface area contributed by atoms with E-state index in [4.69, 9.17) is 21.1 Å². The number of carbonyl (C=O) groups excluding carboxylic acids is 1. The van der Waals surface area contributed by atoms with Gasteiger partial charge in [-0.15, -0.1) is 0 Å². The van der Waals surface area contributed by atoms with Crippen LogP contribution in [0.1, 0.15) is 5.56 Å². The number of halogens is 1. The van der Waals surface area contributed by atoms with Gasteiger partial charge in [-0.25, -0.2) is 4.79 Å². The first-order valence-electron chi connectivity index (χ1n) is 4.56. The van der Waals surface area contributed by atoms with Crippen molar-refractivity contribution in [3.8, 4) is 11.5 Å². The quantitative estimate of drug-likeness (QED) is 0.588. The number of methoxy groups -OCH3 is 1. The SMILES string of the molecule is COC(=O)C=Cc1cc2c(cc1Cl)OCO2. The Morgan fingerprint density at radius 2 is 2.12 bits per heavy atom. The van der Waals surface area contributed by atoms with Gasteiger partial charge < -0.3 is 14.2 Å². The average Bonchev–Trinajstić information content (AvgIpc) is 2.72. The zero-order chi connectivity index (χ0) is 11.5. The molecule has 0 unspecified atom stereocenters. The average molecular weight is 241 g/mol. The Morgan fingerprint density at radius 3 is 2.81 bits per heavy atom. The molecule has 1 heterocycles. The van der Waals surface area contributed by atoms with E-state index >= 15 is 0 Å². The fourth-order valence-corrected chi connectivity index (χ4v) is 1.50. The molecule has 16 heavy (non-hydrogen) atoms. The van der Waals surface area contributed by atoms with Gasteiger partial charge in [-0.05, 0) is 17.7 Å². The second-order valence-corrected chi connectivity index (χ2v) is 3.49. The first-order valence-corrected chi connectivity index (χ1v) is 4.93. The van der Waals surface area contributed by atoms with Crippen LogP contribution in [-0.2, 0) is 9.53 Å². The Morgan fingerprint density at radius 1 is 1.44 bits per heavy atom. The van der Waals surface area contributed by atoms with E-state index in [-0.39, 0.29) is 6.79 Å². The molecule has 84 valence electrons. The van der Waals surface area contributed by atoms with Gasteiger partial charge in [-0.3, -0.25) is 0 Å². The first-order chi connectivity index (χ1) is 7.70. The summed E-state index contributed by atoms with van der Waals surface area (Å²) in [4.78, 5) is 10.9. The van der Waals surface area contributed by atoms with Crippen LogP contribution in [-0.4, -0.2) is 19.9 Å². The van der Waals surface area contributed by atoms with Crippen LogP contribution in [0.5, 0.6) is 11.5 Å². The molecule has 0 amide bonds. The Kier molecular flexibility index (Phi) is 3.01. The normalized spacial score (nSPS) is 13.1. The molecule has 0 aromatic heterocycles. The topological polar surface area (TPSA) is 44.8 Å². The van der Waals surface area contributed by atoms with Crippen molar-refractivity contribution in [3.63, 3.8) is 0 Å². The number of carbonyl (C=O) groups is 1. The summed E-state index contributed by atoms with van der Waals surface area (Å²) in [6.07, 6.45) is 2.86. The number of rotatable bonds is 2. The summed E-state index contributed by atoms with van der Waals surface area (Å²) in [5.74, 6) is 0.794. The van der Waals surface area contributed by atoms with Crippen molar-refractivity contribution in [1.29, 1.82) is 0 Å². The summed E-state index contributed by atoms with van der Waals surface area (Å²) in [5.41, 5.74) is 0.677. The van der Waals surface area contributed by atoms with Gasteiger partial charge in [0, 0.05) is 12.1 Å². The Labute approximate surface area is 97.4 Å². The molecule has 0 spiro atoms. The van der Waals surface area contributed by atoms with Gasteiger partial charge in [0.25, 0.3) is 0 Å². The van der Waals surface area contributed by atoms with Gasteiger partial charge >= 0.3 is 5.97 Å². The molecule has 0 saturated heterocycles. The van der Waals surface area contributed by atoms with E-state index < -0.39 is 5.97 Å². The van der Waals surface area contributed by atoms with Gasteiger partial charge in [-0.1, -0.05) is 11.6 Å². The molecule has 1 aliphatic rings. The lowest BCUT2D eigenvalue weighted by Gasteiger charge is -2.01. The summed E-state index contributed by atoms with van der Waals surface area (Å²) in [5, 5.41) is 0.490. The van der Waals surface area contributed by atoms with E-state index in [9.17, 15) is 4.79 Å². The van der Waals surface area contributed by atoms with Crippen molar-refractivity contribution in [2.45, 2.75) is 0 Å². The standard InChI is InChI=1S/C11H9ClO4/c1-14-11(13)3-2-7-4-9-10(5-8(7)12)16-6-15-9/h2-5H,6H2,1H3. The van der Waals surface area contributed by atoms with Crippen molar-refractivity contribution < 1.29 is 19.0 Å². The minimum Gasteiger partial charge on any atom is -0.466 e. The highest BCUT2D eigenvalue weighted by molar-refractivity contribution is 6.32. The van der Waals surface area contributed by atoms with E-state index in [0.717, 1.165) is 0 Å². The smallest absolute Gasteiger partial charge is 0.330 e.